The number of methoxy groups -OCH3 is 1. The summed E-state index contributed by atoms with van der Waals surface area (Å²) < 4.78 is 58.8. The number of phosphoric acid groups is 1. The molecule has 3 heterocycles. The summed E-state index contributed by atoms with van der Waals surface area (Å²) in [4.78, 5) is 88.3. The Bertz CT molecular complexity index is 2240. The Morgan fingerprint density at radius 3 is 1.24 bits per heavy atom. The molecule has 9 unspecified atom stereocenters. The van der Waals surface area contributed by atoms with Gasteiger partial charge >= 0.3 is 7.82 Å². The summed E-state index contributed by atoms with van der Waals surface area (Å²) in [5.74, 6) is -3.93. The van der Waals surface area contributed by atoms with Crippen molar-refractivity contribution in [1.82, 2.24) is 26.6 Å². The van der Waals surface area contributed by atoms with E-state index >= 15 is 0 Å². The number of hydrogen-bond acceptors (Lipinski definition) is 26. The second kappa shape index (κ2) is 57.7. The van der Waals surface area contributed by atoms with E-state index in [1.807, 2.05) is 13.8 Å². The number of ether oxygens (including phenoxy) is 7. The van der Waals surface area contributed by atoms with Gasteiger partial charge in [0.05, 0.1) is 50.8 Å². The molecule has 5 amide bonds. The van der Waals surface area contributed by atoms with Gasteiger partial charge in [0, 0.05) is 123 Å². The maximum Gasteiger partial charge on any atom is 0.471 e. The van der Waals surface area contributed by atoms with E-state index in [2.05, 4.69) is 35.6 Å². The Morgan fingerprint density at radius 2 is 0.822 bits per heavy atom. The molecule has 3 rings (SSSR count). The first-order chi connectivity index (χ1) is 48.4. The van der Waals surface area contributed by atoms with Crippen molar-refractivity contribution in [1.29, 1.82) is 0 Å². The van der Waals surface area contributed by atoms with E-state index < -0.39 is 137 Å². The molecule has 0 aromatic heterocycles. The van der Waals surface area contributed by atoms with Crippen LogP contribution < -0.4 is 32.3 Å². The maximum absolute atomic E-state index is 14.3. The molecule has 33 heteroatoms. The lowest BCUT2D eigenvalue weighted by Gasteiger charge is -2.40. The van der Waals surface area contributed by atoms with Crippen LogP contribution in [0.4, 0.5) is 0 Å². The molecule has 18 atom stereocenters. The van der Waals surface area contributed by atoms with Crippen LogP contribution >= 0.6 is 7.82 Å². The average molecular weight is 1480 g/mol. The molecule has 32 nitrogen and oxygen atoms in total. The SMILES string of the molecule is CC.COCCCNC(=O)CCCCCNC(=O)C(CCCCNC(=O)CCCCO[C@@H]1OC(CO)[C@H](O)[C@H](O)C1C)CC(=O)C(CCCCNC(=O)CCCCO[C@@H]1OC(CO)[C@H](O)[C@H](O)C1C)NC(=O)CCCCO[C@@H]1OC(CO)[C@H](O)[C@H](O)C1C.COP(=O)(O)OCCCCCCN. The number of amides is 5. The Labute approximate surface area is 598 Å². The van der Waals surface area contributed by atoms with Gasteiger partial charge in [-0.05, 0) is 109 Å². The van der Waals surface area contributed by atoms with Crippen LogP contribution in [-0.4, -0.2) is 266 Å². The lowest BCUT2D eigenvalue weighted by molar-refractivity contribution is -0.282. The number of carbonyl (C=O) groups excluding carboxylic acids is 6. The zero-order valence-electron chi connectivity index (χ0n) is 61.2. The third-order valence-corrected chi connectivity index (χ3v) is 18.7. The molecule has 101 heavy (non-hydrogen) atoms. The molecule has 0 aromatic carbocycles. The molecule has 0 radical (unpaired) electrons. The minimum absolute atomic E-state index is 0.0348. The van der Waals surface area contributed by atoms with E-state index in [1.54, 1.807) is 27.9 Å². The summed E-state index contributed by atoms with van der Waals surface area (Å²) in [7, 11) is -1.01. The van der Waals surface area contributed by atoms with Gasteiger partial charge in [0.2, 0.25) is 29.5 Å². The molecule has 0 aliphatic carbocycles. The second-order valence-corrected chi connectivity index (χ2v) is 27.4. The largest absolute Gasteiger partial charge is 0.471 e. The molecule has 17 N–H and O–H groups in total. The number of rotatable bonds is 54. The second-order valence-electron chi connectivity index (χ2n) is 25.8. The molecule has 0 spiro atoms. The fourth-order valence-corrected chi connectivity index (χ4v) is 11.7. The fourth-order valence-electron chi connectivity index (χ4n) is 11.2. The number of aliphatic hydroxyl groups is 9. The van der Waals surface area contributed by atoms with Crippen LogP contribution in [0.5, 0.6) is 0 Å². The summed E-state index contributed by atoms with van der Waals surface area (Å²) in [6.07, 6.45) is -0.510. The van der Waals surface area contributed by atoms with Crippen LogP contribution in [0.3, 0.4) is 0 Å². The number of Topliss-reactive ketones (excluding diaryl/α,β-unsaturated/α-hetero) is 1. The number of nitrogens with two attached hydrogens (primary N) is 1. The lowest BCUT2D eigenvalue weighted by Crippen LogP contribution is -2.55. The van der Waals surface area contributed by atoms with Crippen LogP contribution in [0.1, 0.15) is 195 Å². The van der Waals surface area contributed by atoms with Crippen molar-refractivity contribution in [3.05, 3.63) is 0 Å². The fraction of sp³-hybridized carbons (Fsp3) is 0.912. The molecule has 3 aliphatic rings. The van der Waals surface area contributed by atoms with Gasteiger partial charge in [-0.1, -0.05) is 60.3 Å². The van der Waals surface area contributed by atoms with Crippen molar-refractivity contribution in [3.63, 3.8) is 0 Å². The quantitative estimate of drug-likeness (QED) is 0.0303. The van der Waals surface area contributed by atoms with Gasteiger partial charge in [0.15, 0.2) is 24.7 Å². The summed E-state index contributed by atoms with van der Waals surface area (Å²) >= 11 is 0. The number of nitrogens with one attached hydrogen (secondary N) is 5. The highest BCUT2D eigenvalue weighted by molar-refractivity contribution is 7.47. The molecule has 0 bridgehead atoms. The highest BCUT2D eigenvalue weighted by atomic mass is 31.2. The van der Waals surface area contributed by atoms with Crippen molar-refractivity contribution in [3.8, 4) is 0 Å². The van der Waals surface area contributed by atoms with Gasteiger partial charge in [-0.3, -0.25) is 37.8 Å². The standard InChI is InChI=1S/C59H107N5O22.C7H18NO4P.C2H6/c1-37-50(73)53(76)43(34-65)84-57(37)81-30-15-9-22-47(70)60-25-13-7-19-40(56(79)63-27-12-5-6-21-46(69)62-28-18-29-80-4)33-42(68)41(64-49(72)24-11-17-32-83-59-39(3)52(75)55(78)45(36-67)86-59)20-8-14-26-61-48(71)23-10-16-31-82-58-38(2)51(74)54(77)44(35-66)85-58;1-11-13(9,10)12-7-5-3-2-4-6-8;1-2/h37-41,43-45,50-55,57-59,65-67,73-78H,5-36H2,1-4H3,(H,60,70)(H,61,71)(H,62,69)(H,63,79)(H,64,72);2-8H2,1H3,(H,9,10);1-2H3/t37?,38?,39?,40?,41?,43?,44?,45?,50-,51-,52-,53+,54+,55+,57-,58-,59-;;/m1../s1. The smallest absolute Gasteiger partial charge is 0.394 e. The number of unbranched alkanes of at least 4 members (excludes halogenated alkanes) is 10. The third-order valence-electron chi connectivity index (χ3n) is 17.7. The summed E-state index contributed by atoms with van der Waals surface area (Å²) in [5, 5.41) is 104. The first-order valence-electron chi connectivity index (χ1n) is 36.7. The lowest BCUT2D eigenvalue weighted by atomic mass is 9.91. The van der Waals surface area contributed by atoms with Gasteiger partial charge < -0.3 is 116 Å². The topological polar surface area (TPSA) is 491 Å². The van der Waals surface area contributed by atoms with Crippen LogP contribution in [-0.2, 0) is 75.5 Å². The Morgan fingerprint density at radius 1 is 0.455 bits per heavy atom. The summed E-state index contributed by atoms with van der Waals surface area (Å²) in [6, 6.07) is -0.960. The van der Waals surface area contributed by atoms with Gasteiger partial charge in [-0.15, -0.1) is 0 Å². The maximum atomic E-state index is 14.3. The molecule has 0 saturated carbocycles. The number of carbonyl (C=O) groups is 6. The van der Waals surface area contributed by atoms with E-state index in [0.717, 1.165) is 32.8 Å². The Kier molecular flexibility index (Phi) is 54.5. The van der Waals surface area contributed by atoms with Gasteiger partial charge in [0.25, 0.3) is 0 Å². The van der Waals surface area contributed by atoms with Crippen LogP contribution in [0, 0.1) is 23.7 Å². The first kappa shape index (κ1) is 95.5. The molecule has 3 aliphatic heterocycles. The summed E-state index contributed by atoms with van der Waals surface area (Å²) in [5.41, 5.74) is 5.30. The van der Waals surface area contributed by atoms with Crippen molar-refractivity contribution in [2.24, 2.45) is 29.4 Å². The molecule has 3 fully saturated rings. The van der Waals surface area contributed by atoms with Gasteiger partial charge in [0.1, 0.15) is 36.6 Å². The van der Waals surface area contributed by atoms with Crippen molar-refractivity contribution >= 4 is 43.1 Å². The highest BCUT2D eigenvalue weighted by Crippen LogP contribution is 2.42. The van der Waals surface area contributed by atoms with Crippen molar-refractivity contribution in [2.45, 2.75) is 275 Å². The average Bonchev–Trinajstić information content (AvgIpc) is 0.838. The zero-order chi connectivity index (χ0) is 75.5. The van der Waals surface area contributed by atoms with E-state index in [0.29, 0.717) is 142 Å². The van der Waals surface area contributed by atoms with Gasteiger partial charge in [-0.25, -0.2) is 4.57 Å². The monoisotopic (exact) mass is 1480 g/mol. The van der Waals surface area contributed by atoms with Crippen LogP contribution in [0.2, 0.25) is 0 Å². The van der Waals surface area contributed by atoms with E-state index in [1.165, 1.54) is 0 Å². The predicted molar refractivity (Wildman–Crippen MR) is 372 cm³/mol. The normalized spacial score (nSPS) is 26.1. The van der Waals surface area contributed by atoms with E-state index in [9.17, 15) is 79.3 Å². The zero-order valence-corrected chi connectivity index (χ0v) is 62.1. The minimum atomic E-state index is -3.75. The van der Waals surface area contributed by atoms with Crippen LogP contribution in [0.15, 0.2) is 0 Å². The third kappa shape index (κ3) is 40.7. The number of hydrogen-bond donors (Lipinski definition) is 16. The molecule has 594 valence electrons. The van der Waals surface area contributed by atoms with E-state index in [-0.39, 0.29) is 87.9 Å². The number of aliphatic hydroxyl groups excluding tert-OH is 9. The number of ketones is 1. The summed E-state index contributed by atoms with van der Waals surface area (Å²) in [6.45, 7) is 11.1. The number of phosphoric ester groups is 1. The molecule has 3 saturated heterocycles. The van der Waals surface area contributed by atoms with Crippen LogP contribution in [0.25, 0.3) is 0 Å². The molecular formula is C68H131N6O26P. The van der Waals surface area contributed by atoms with Crippen molar-refractivity contribution < 1.29 is 126 Å². The Hall–Kier alpha value is -3.55. The molecule has 0 aromatic rings. The van der Waals surface area contributed by atoms with E-state index in [4.69, 9.17) is 43.8 Å². The minimum Gasteiger partial charge on any atom is -0.394 e. The molecular weight excluding hydrogens is 1350 g/mol. The predicted octanol–water partition coefficient (Wildman–Crippen LogP) is 1.53. The Balaban J connectivity index is 0.00000304. The van der Waals surface area contributed by atoms with Gasteiger partial charge in [-0.2, -0.15) is 0 Å². The first-order valence-corrected chi connectivity index (χ1v) is 38.2. The van der Waals surface area contributed by atoms with Crippen molar-refractivity contribution in [2.75, 3.05) is 99.8 Å². The highest BCUT2D eigenvalue weighted by Gasteiger charge is 2.45.